The van der Waals surface area contributed by atoms with Crippen LogP contribution in [0.25, 0.3) is 0 Å². The second-order valence-corrected chi connectivity index (χ2v) is 6.89. The second-order valence-electron chi connectivity index (χ2n) is 6.89. The van der Waals surface area contributed by atoms with Gasteiger partial charge in [0.15, 0.2) is 0 Å². The van der Waals surface area contributed by atoms with Crippen molar-refractivity contribution in [3.63, 3.8) is 0 Å². The van der Waals surface area contributed by atoms with E-state index in [1.54, 1.807) is 0 Å². The molecule has 2 N–H and O–H groups in total. The minimum absolute atomic E-state index is 0.323. The molecule has 1 aromatic carbocycles. The molecule has 1 aliphatic rings. The van der Waals surface area contributed by atoms with Gasteiger partial charge in [-0.1, -0.05) is 24.3 Å². The molecule has 2 aromatic rings. The number of hydrogen-bond donors (Lipinski definition) is 2. The van der Waals surface area contributed by atoms with E-state index >= 15 is 0 Å². The average molecular weight is 328 g/mol. The molecule has 2 heterocycles. The van der Waals surface area contributed by atoms with Crippen LogP contribution in [0, 0.1) is 6.92 Å². The minimum Gasteiger partial charge on any atom is -0.373 e. The van der Waals surface area contributed by atoms with Crippen molar-refractivity contribution < 1.29 is 4.74 Å². The van der Waals surface area contributed by atoms with Gasteiger partial charge >= 0.3 is 0 Å². The van der Waals surface area contributed by atoms with E-state index in [1.807, 2.05) is 13.1 Å². The van der Waals surface area contributed by atoms with Crippen molar-refractivity contribution in [3.05, 3.63) is 52.8 Å². The van der Waals surface area contributed by atoms with Crippen molar-refractivity contribution in [1.29, 1.82) is 0 Å². The molecule has 0 bridgehead atoms. The Bertz CT molecular complexity index is 627. The molecule has 1 aliphatic heterocycles. The molecule has 5 heteroatoms. The van der Waals surface area contributed by atoms with Gasteiger partial charge in [0.2, 0.25) is 0 Å². The number of rotatable bonds is 6. The number of ether oxygens (including phenoxy) is 1. The van der Waals surface area contributed by atoms with E-state index in [0.29, 0.717) is 12.2 Å². The maximum atomic E-state index is 5.80. The number of hydrogen-bond acceptors (Lipinski definition) is 4. The van der Waals surface area contributed by atoms with Crippen LogP contribution in [0.1, 0.15) is 36.2 Å². The van der Waals surface area contributed by atoms with Gasteiger partial charge in [-0.3, -0.25) is 10.00 Å². The number of aromatic nitrogens is 2. The Kier molecular flexibility index (Phi) is 5.66. The Hall–Kier alpha value is -1.69. The lowest BCUT2D eigenvalue weighted by Crippen LogP contribution is -2.44. The molecule has 0 saturated carbocycles. The highest BCUT2D eigenvalue weighted by molar-refractivity contribution is 5.23. The zero-order chi connectivity index (χ0) is 16.9. The Labute approximate surface area is 144 Å². The van der Waals surface area contributed by atoms with Gasteiger partial charge in [-0.2, -0.15) is 5.10 Å². The van der Waals surface area contributed by atoms with E-state index in [0.717, 1.165) is 38.4 Å². The summed E-state index contributed by atoms with van der Waals surface area (Å²) in [5.41, 5.74) is 5.03. The number of H-pyrrole nitrogens is 1. The fraction of sp³-hybridized carbons (Fsp3) is 0.526. The molecular weight excluding hydrogens is 300 g/mol. The van der Waals surface area contributed by atoms with Crippen LogP contribution in [0.2, 0.25) is 0 Å². The number of benzene rings is 1. The molecule has 0 radical (unpaired) electrons. The topological polar surface area (TPSA) is 53.2 Å². The fourth-order valence-electron chi connectivity index (χ4n) is 3.33. The molecule has 5 nitrogen and oxygen atoms in total. The van der Waals surface area contributed by atoms with Crippen LogP contribution in [0.3, 0.4) is 0 Å². The molecule has 1 aromatic heterocycles. The van der Waals surface area contributed by atoms with Gasteiger partial charge in [0.25, 0.3) is 0 Å². The SMILES string of the molecule is Cc1[nH]ncc1CNCc1ccc(CN2C[C@@H](C)O[C@H](C)C2)cc1. The first-order valence-corrected chi connectivity index (χ1v) is 8.75. The van der Waals surface area contributed by atoms with Crippen molar-refractivity contribution >= 4 is 0 Å². The number of morpholine rings is 1. The third-order valence-electron chi connectivity index (χ3n) is 4.50. The molecule has 3 rings (SSSR count). The second kappa shape index (κ2) is 7.92. The molecule has 0 spiro atoms. The van der Waals surface area contributed by atoms with Crippen LogP contribution >= 0.6 is 0 Å². The Balaban J connectivity index is 1.47. The van der Waals surface area contributed by atoms with E-state index in [9.17, 15) is 0 Å². The van der Waals surface area contributed by atoms with Crippen molar-refractivity contribution in [2.45, 2.75) is 52.6 Å². The summed E-state index contributed by atoms with van der Waals surface area (Å²) >= 11 is 0. The van der Waals surface area contributed by atoms with Gasteiger partial charge < -0.3 is 10.1 Å². The van der Waals surface area contributed by atoms with Crippen molar-refractivity contribution in [3.8, 4) is 0 Å². The Morgan fingerprint density at radius 2 is 1.79 bits per heavy atom. The lowest BCUT2D eigenvalue weighted by atomic mass is 10.1. The molecule has 24 heavy (non-hydrogen) atoms. The first kappa shape index (κ1) is 17.1. The fourth-order valence-corrected chi connectivity index (χ4v) is 3.33. The number of aryl methyl sites for hydroxylation is 1. The monoisotopic (exact) mass is 328 g/mol. The molecule has 1 saturated heterocycles. The van der Waals surface area contributed by atoms with Crippen molar-refractivity contribution in [2.24, 2.45) is 0 Å². The summed E-state index contributed by atoms with van der Waals surface area (Å²) in [6, 6.07) is 8.92. The zero-order valence-electron chi connectivity index (χ0n) is 14.9. The molecular formula is C19H28N4O. The van der Waals surface area contributed by atoms with Crippen LogP contribution in [0.5, 0.6) is 0 Å². The molecule has 130 valence electrons. The molecule has 1 fully saturated rings. The van der Waals surface area contributed by atoms with Gasteiger partial charge in [-0.25, -0.2) is 0 Å². The summed E-state index contributed by atoms with van der Waals surface area (Å²) in [7, 11) is 0. The largest absolute Gasteiger partial charge is 0.373 e. The summed E-state index contributed by atoms with van der Waals surface area (Å²) < 4.78 is 5.80. The van der Waals surface area contributed by atoms with E-state index < -0.39 is 0 Å². The van der Waals surface area contributed by atoms with Gasteiger partial charge in [0.1, 0.15) is 0 Å². The first-order valence-electron chi connectivity index (χ1n) is 8.75. The summed E-state index contributed by atoms with van der Waals surface area (Å²) in [4.78, 5) is 2.48. The summed E-state index contributed by atoms with van der Waals surface area (Å²) in [5.74, 6) is 0. The third kappa shape index (κ3) is 4.66. The van der Waals surface area contributed by atoms with Crippen molar-refractivity contribution in [1.82, 2.24) is 20.4 Å². The van der Waals surface area contributed by atoms with Gasteiger partial charge in [-0.15, -0.1) is 0 Å². The van der Waals surface area contributed by atoms with E-state index in [4.69, 9.17) is 4.74 Å². The molecule has 0 unspecified atom stereocenters. The highest BCUT2D eigenvalue weighted by atomic mass is 16.5. The third-order valence-corrected chi connectivity index (χ3v) is 4.50. The van der Waals surface area contributed by atoms with E-state index in [2.05, 4.69) is 58.5 Å². The zero-order valence-corrected chi connectivity index (χ0v) is 14.9. The average Bonchev–Trinajstić information content (AvgIpc) is 2.93. The van der Waals surface area contributed by atoms with Gasteiger partial charge in [0.05, 0.1) is 18.4 Å². The lowest BCUT2D eigenvalue weighted by molar-refractivity contribution is -0.0704. The quantitative estimate of drug-likeness (QED) is 0.856. The Morgan fingerprint density at radius 3 is 2.42 bits per heavy atom. The van der Waals surface area contributed by atoms with E-state index in [1.165, 1.54) is 16.7 Å². The summed E-state index contributed by atoms with van der Waals surface area (Å²) in [6.07, 6.45) is 2.53. The van der Waals surface area contributed by atoms with E-state index in [-0.39, 0.29) is 0 Å². The van der Waals surface area contributed by atoms with Gasteiger partial charge in [-0.05, 0) is 31.9 Å². The maximum absolute atomic E-state index is 5.80. The normalized spacial score (nSPS) is 22.0. The smallest absolute Gasteiger partial charge is 0.0678 e. The maximum Gasteiger partial charge on any atom is 0.0678 e. The van der Waals surface area contributed by atoms with Crippen LogP contribution in [-0.4, -0.2) is 40.4 Å². The lowest BCUT2D eigenvalue weighted by Gasteiger charge is -2.35. The molecule has 0 amide bonds. The first-order chi connectivity index (χ1) is 11.6. The van der Waals surface area contributed by atoms with Crippen LogP contribution in [0.15, 0.2) is 30.5 Å². The van der Waals surface area contributed by atoms with Crippen molar-refractivity contribution in [2.75, 3.05) is 13.1 Å². The number of nitrogens with zero attached hydrogens (tertiary/aromatic N) is 2. The highest BCUT2D eigenvalue weighted by Crippen LogP contribution is 2.15. The van der Waals surface area contributed by atoms with Crippen LogP contribution in [0.4, 0.5) is 0 Å². The number of aromatic amines is 1. The predicted octanol–water partition coefficient (Wildman–Crippen LogP) is 2.62. The minimum atomic E-state index is 0.323. The predicted molar refractivity (Wildman–Crippen MR) is 95.6 cm³/mol. The summed E-state index contributed by atoms with van der Waals surface area (Å²) in [6.45, 7) is 11.1. The molecule has 2 atom stereocenters. The summed E-state index contributed by atoms with van der Waals surface area (Å²) in [5, 5.41) is 10.5. The van der Waals surface area contributed by atoms with Gasteiger partial charge in [0, 0.05) is 44.0 Å². The van der Waals surface area contributed by atoms with Crippen LogP contribution < -0.4 is 5.32 Å². The standard InChI is InChI=1S/C19H28N4O/c1-14-11-23(12-15(2)24-14)13-18-6-4-17(5-7-18)8-20-9-19-10-21-22-16(19)3/h4-7,10,14-15,20H,8-9,11-13H2,1-3H3,(H,21,22)/t14-,15-/m1/s1. The van der Waals surface area contributed by atoms with Crippen LogP contribution in [-0.2, 0) is 24.4 Å². The highest BCUT2D eigenvalue weighted by Gasteiger charge is 2.21. The Morgan fingerprint density at radius 1 is 1.12 bits per heavy atom. The number of nitrogens with one attached hydrogen (secondary N) is 2. The molecule has 0 aliphatic carbocycles.